The minimum atomic E-state index is 0.716. The highest BCUT2D eigenvalue weighted by atomic mass is 16.5. The molecular weight excluding hydrogens is 334 g/mol. The molecule has 0 N–H and O–H groups in total. The molecule has 0 unspecified atom stereocenters. The van der Waals surface area contributed by atoms with E-state index in [4.69, 9.17) is 9.26 Å². The average Bonchev–Trinajstić information content (AvgIpc) is 3.16. The van der Waals surface area contributed by atoms with Crippen molar-refractivity contribution >= 4 is 5.57 Å². The first-order chi connectivity index (χ1) is 13.0. The van der Waals surface area contributed by atoms with Gasteiger partial charge >= 0.3 is 0 Å². The second-order valence-corrected chi connectivity index (χ2v) is 7.34. The summed E-state index contributed by atoms with van der Waals surface area (Å²) in [6.45, 7) is 11.2. The van der Waals surface area contributed by atoms with Crippen LogP contribution in [0.5, 0.6) is 5.75 Å². The fourth-order valence-corrected chi connectivity index (χ4v) is 2.87. The van der Waals surface area contributed by atoms with E-state index in [-0.39, 0.29) is 0 Å². The lowest BCUT2D eigenvalue weighted by molar-refractivity contribution is 0.298. The SMILES string of the molecule is C=C(C)c1ccc(-c2cc(-c3ccc(OCCCC(C)C)cc3)on2)cc1. The standard InChI is InChI=1S/C24H27NO2/c1-17(2)6-5-15-26-22-13-11-21(12-14-22)24-16-23(25-27-24)20-9-7-19(8-10-20)18(3)4/h7-14,16-17H,3,5-6,15H2,1-2,4H3. The molecule has 0 aliphatic heterocycles. The molecule has 3 rings (SSSR count). The van der Waals surface area contributed by atoms with Crippen LogP contribution in [0.1, 0.15) is 39.2 Å². The van der Waals surface area contributed by atoms with E-state index in [1.165, 1.54) is 6.42 Å². The van der Waals surface area contributed by atoms with E-state index in [0.29, 0.717) is 5.92 Å². The zero-order valence-corrected chi connectivity index (χ0v) is 16.4. The summed E-state index contributed by atoms with van der Waals surface area (Å²) in [4.78, 5) is 0. The average molecular weight is 361 g/mol. The van der Waals surface area contributed by atoms with E-state index in [0.717, 1.165) is 52.5 Å². The minimum Gasteiger partial charge on any atom is -0.494 e. The predicted molar refractivity (Wildman–Crippen MR) is 112 cm³/mol. The van der Waals surface area contributed by atoms with E-state index in [9.17, 15) is 0 Å². The number of nitrogens with zero attached hydrogens (tertiary/aromatic N) is 1. The van der Waals surface area contributed by atoms with Gasteiger partial charge in [-0.3, -0.25) is 0 Å². The van der Waals surface area contributed by atoms with Gasteiger partial charge in [0.25, 0.3) is 0 Å². The molecule has 0 saturated heterocycles. The molecule has 0 fully saturated rings. The van der Waals surface area contributed by atoms with Crippen molar-refractivity contribution in [2.75, 3.05) is 6.61 Å². The van der Waals surface area contributed by atoms with Gasteiger partial charge in [-0.25, -0.2) is 0 Å². The number of hydrogen-bond acceptors (Lipinski definition) is 3. The van der Waals surface area contributed by atoms with Crippen LogP contribution >= 0.6 is 0 Å². The normalized spacial score (nSPS) is 11.0. The Hall–Kier alpha value is -2.81. The van der Waals surface area contributed by atoms with Crippen molar-refractivity contribution in [1.82, 2.24) is 5.16 Å². The summed E-state index contributed by atoms with van der Waals surface area (Å²) in [7, 11) is 0. The Bertz CT molecular complexity index is 874. The van der Waals surface area contributed by atoms with Crippen LogP contribution in [0.25, 0.3) is 28.2 Å². The molecule has 3 nitrogen and oxygen atoms in total. The summed E-state index contributed by atoms with van der Waals surface area (Å²) in [6.07, 6.45) is 2.27. The van der Waals surface area contributed by atoms with Crippen molar-refractivity contribution in [3.05, 3.63) is 66.7 Å². The Labute approximate surface area is 161 Å². The summed E-state index contributed by atoms with van der Waals surface area (Å²) in [5.74, 6) is 2.35. The van der Waals surface area contributed by atoms with Crippen LogP contribution in [0.3, 0.4) is 0 Å². The molecular formula is C24H27NO2. The smallest absolute Gasteiger partial charge is 0.167 e. The van der Waals surface area contributed by atoms with Crippen LogP contribution in [0.2, 0.25) is 0 Å². The lowest BCUT2D eigenvalue weighted by Gasteiger charge is -2.07. The third-order valence-electron chi connectivity index (χ3n) is 4.52. The van der Waals surface area contributed by atoms with Crippen molar-refractivity contribution in [3.63, 3.8) is 0 Å². The highest BCUT2D eigenvalue weighted by Crippen LogP contribution is 2.28. The molecule has 1 aromatic heterocycles. The molecule has 140 valence electrons. The van der Waals surface area contributed by atoms with Gasteiger partial charge in [-0.05, 0) is 55.5 Å². The van der Waals surface area contributed by atoms with Crippen LogP contribution < -0.4 is 4.74 Å². The molecule has 0 aliphatic carbocycles. The molecule has 3 heteroatoms. The van der Waals surface area contributed by atoms with Gasteiger partial charge in [0, 0.05) is 17.2 Å². The number of hydrogen-bond donors (Lipinski definition) is 0. The highest BCUT2D eigenvalue weighted by Gasteiger charge is 2.09. The number of allylic oxidation sites excluding steroid dienone is 1. The van der Waals surface area contributed by atoms with Crippen LogP contribution in [-0.2, 0) is 0 Å². The van der Waals surface area contributed by atoms with Crippen molar-refractivity contribution in [2.45, 2.75) is 33.6 Å². The number of ether oxygens (including phenoxy) is 1. The van der Waals surface area contributed by atoms with Gasteiger partial charge in [0.05, 0.1) is 6.61 Å². The van der Waals surface area contributed by atoms with Gasteiger partial charge < -0.3 is 9.26 Å². The Morgan fingerprint density at radius 1 is 1.04 bits per heavy atom. The Morgan fingerprint density at radius 2 is 1.70 bits per heavy atom. The fourth-order valence-electron chi connectivity index (χ4n) is 2.87. The van der Waals surface area contributed by atoms with Gasteiger partial charge in [0.1, 0.15) is 11.4 Å². The third kappa shape index (κ3) is 5.10. The van der Waals surface area contributed by atoms with Crippen molar-refractivity contribution in [2.24, 2.45) is 5.92 Å². The van der Waals surface area contributed by atoms with E-state index in [1.54, 1.807) is 0 Å². The van der Waals surface area contributed by atoms with Gasteiger partial charge in [-0.15, -0.1) is 0 Å². The molecule has 3 aromatic rings. The second-order valence-electron chi connectivity index (χ2n) is 7.34. The van der Waals surface area contributed by atoms with Crippen molar-refractivity contribution < 1.29 is 9.26 Å². The molecule has 27 heavy (non-hydrogen) atoms. The zero-order valence-electron chi connectivity index (χ0n) is 16.4. The molecule has 0 bridgehead atoms. The molecule has 1 heterocycles. The molecule has 0 amide bonds. The summed E-state index contributed by atoms with van der Waals surface area (Å²) in [5.41, 5.74) is 5.02. The van der Waals surface area contributed by atoms with Crippen LogP contribution in [0, 0.1) is 5.92 Å². The largest absolute Gasteiger partial charge is 0.494 e. The molecule has 0 aliphatic rings. The quantitative estimate of drug-likeness (QED) is 0.411. The molecule has 0 saturated carbocycles. The predicted octanol–water partition coefficient (Wildman–Crippen LogP) is 6.86. The fraction of sp³-hybridized carbons (Fsp3) is 0.292. The maximum atomic E-state index is 5.80. The summed E-state index contributed by atoms with van der Waals surface area (Å²) in [6, 6.07) is 18.1. The van der Waals surface area contributed by atoms with E-state index in [2.05, 4.69) is 37.7 Å². The third-order valence-corrected chi connectivity index (χ3v) is 4.52. The number of rotatable bonds is 8. The molecule has 0 radical (unpaired) electrons. The van der Waals surface area contributed by atoms with E-state index < -0.39 is 0 Å². The summed E-state index contributed by atoms with van der Waals surface area (Å²) in [5, 5.41) is 4.21. The topological polar surface area (TPSA) is 35.3 Å². The lowest BCUT2D eigenvalue weighted by atomic mass is 10.0. The van der Waals surface area contributed by atoms with Crippen molar-refractivity contribution in [3.8, 4) is 28.3 Å². The number of aromatic nitrogens is 1. The van der Waals surface area contributed by atoms with E-state index in [1.807, 2.05) is 49.4 Å². The highest BCUT2D eigenvalue weighted by molar-refractivity contribution is 5.69. The molecule has 2 aromatic carbocycles. The van der Waals surface area contributed by atoms with Crippen LogP contribution in [-0.4, -0.2) is 11.8 Å². The first-order valence-electron chi connectivity index (χ1n) is 9.49. The Morgan fingerprint density at radius 3 is 2.33 bits per heavy atom. The van der Waals surface area contributed by atoms with Gasteiger partial charge in [-0.1, -0.05) is 55.4 Å². The molecule has 0 atom stereocenters. The minimum absolute atomic E-state index is 0.716. The summed E-state index contributed by atoms with van der Waals surface area (Å²) < 4.78 is 11.3. The number of benzene rings is 2. The Kier molecular flexibility index (Phi) is 6.12. The maximum Gasteiger partial charge on any atom is 0.167 e. The van der Waals surface area contributed by atoms with Crippen molar-refractivity contribution in [1.29, 1.82) is 0 Å². The first-order valence-corrected chi connectivity index (χ1v) is 9.49. The van der Waals surface area contributed by atoms with Gasteiger partial charge in [0.15, 0.2) is 5.76 Å². The van der Waals surface area contributed by atoms with Crippen LogP contribution in [0.15, 0.2) is 65.7 Å². The summed E-state index contributed by atoms with van der Waals surface area (Å²) >= 11 is 0. The Balaban J connectivity index is 1.64. The van der Waals surface area contributed by atoms with Gasteiger partial charge in [0.2, 0.25) is 0 Å². The maximum absolute atomic E-state index is 5.80. The lowest BCUT2D eigenvalue weighted by Crippen LogP contribution is -1.99. The first kappa shape index (κ1) is 19.0. The zero-order chi connectivity index (χ0) is 19.2. The van der Waals surface area contributed by atoms with E-state index >= 15 is 0 Å². The van der Waals surface area contributed by atoms with Gasteiger partial charge in [-0.2, -0.15) is 0 Å². The monoisotopic (exact) mass is 361 g/mol. The van der Waals surface area contributed by atoms with Crippen LogP contribution in [0.4, 0.5) is 0 Å². The molecule has 0 spiro atoms. The second kappa shape index (κ2) is 8.72.